The van der Waals surface area contributed by atoms with Gasteiger partial charge in [0.2, 0.25) is 5.91 Å². The molecule has 1 amide bonds. The van der Waals surface area contributed by atoms with E-state index in [1.54, 1.807) is 6.20 Å². The molecule has 1 atom stereocenters. The number of benzene rings is 1. The van der Waals surface area contributed by atoms with Crippen molar-refractivity contribution in [3.63, 3.8) is 0 Å². The molecule has 0 saturated heterocycles. The van der Waals surface area contributed by atoms with Gasteiger partial charge in [0.15, 0.2) is 0 Å². The summed E-state index contributed by atoms with van der Waals surface area (Å²) in [5.74, 6) is 0.0659. The smallest absolute Gasteiger partial charge is 0.230 e. The molecule has 1 unspecified atom stereocenters. The number of amides is 1. The lowest BCUT2D eigenvalue weighted by Gasteiger charge is -2.41. The quantitative estimate of drug-likeness (QED) is 0.822. The Morgan fingerprint density at radius 2 is 1.92 bits per heavy atom. The van der Waals surface area contributed by atoms with Crippen LogP contribution in [0.4, 0.5) is 0 Å². The van der Waals surface area contributed by atoms with Crippen molar-refractivity contribution in [2.45, 2.75) is 31.1 Å². The van der Waals surface area contributed by atoms with E-state index in [9.17, 15) is 9.90 Å². The van der Waals surface area contributed by atoms with E-state index in [2.05, 4.69) is 10.3 Å². The minimum Gasteiger partial charge on any atom is -0.396 e. The number of hydrogen-bond donors (Lipinski definition) is 2. The molecule has 2 aromatic rings. The predicted molar refractivity (Wildman–Crippen MR) is 93.5 cm³/mol. The number of carbonyl (C=O) groups excluding carboxylic acids is 1. The van der Waals surface area contributed by atoms with Gasteiger partial charge in [-0.3, -0.25) is 9.78 Å². The van der Waals surface area contributed by atoms with Gasteiger partial charge in [-0.15, -0.1) is 0 Å². The molecule has 126 valence electrons. The first-order chi connectivity index (χ1) is 11.7. The fraction of sp³-hybridized carbons (Fsp3) is 0.400. The van der Waals surface area contributed by atoms with Gasteiger partial charge in [-0.1, -0.05) is 42.8 Å². The van der Waals surface area contributed by atoms with Crippen LogP contribution in [0.1, 0.15) is 30.5 Å². The highest BCUT2D eigenvalue weighted by atomic mass is 16.3. The normalized spacial score (nSPS) is 16.9. The largest absolute Gasteiger partial charge is 0.396 e. The van der Waals surface area contributed by atoms with Gasteiger partial charge in [0.1, 0.15) is 0 Å². The lowest BCUT2D eigenvalue weighted by atomic mass is 9.64. The molecule has 4 heteroatoms. The van der Waals surface area contributed by atoms with E-state index in [4.69, 9.17) is 0 Å². The van der Waals surface area contributed by atoms with Crippen molar-refractivity contribution in [3.8, 4) is 0 Å². The van der Waals surface area contributed by atoms with Crippen LogP contribution < -0.4 is 5.32 Å². The summed E-state index contributed by atoms with van der Waals surface area (Å²) in [5.41, 5.74) is 1.65. The lowest BCUT2D eigenvalue weighted by Crippen LogP contribution is -2.50. The van der Waals surface area contributed by atoms with Gasteiger partial charge in [0, 0.05) is 31.0 Å². The van der Waals surface area contributed by atoms with Crippen LogP contribution in [0.25, 0.3) is 0 Å². The zero-order chi connectivity index (χ0) is 16.8. The van der Waals surface area contributed by atoms with Crippen molar-refractivity contribution in [1.29, 1.82) is 0 Å². The van der Waals surface area contributed by atoms with Gasteiger partial charge in [-0.25, -0.2) is 0 Å². The molecule has 0 aliphatic heterocycles. The zero-order valence-electron chi connectivity index (χ0n) is 13.8. The molecule has 1 aliphatic carbocycles. The number of aliphatic hydroxyl groups excluding tert-OH is 1. The maximum absolute atomic E-state index is 12.8. The van der Waals surface area contributed by atoms with E-state index < -0.39 is 0 Å². The second kappa shape index (κ2) is 7.58. The third kappa shape index (κ3) is 3.49. The Morgan fingerprint density at radius 1 is 1.17 bits per heavy atom. The molecule has 1 fully saturated rings. The van der Waals surface area contributed by atoms with Gasteiger partial charge in [0.25, 0.3) is 0 Å². The Kier molecular flexibility index (Phi) is 5.26. The number of carbonyl (C=O) groups is 1. The van der Waals surface area contributed by atoms with Gasteiger partial charge in [-0.05, 0) is 37.0 Å². The fourth-order valence-electron chi connectivity index (χ4n) is 3.36. The summed E-state index contributed by atoms with van der Waals surface area (Å²) in [6.45, 7) is 0.510. The molecule has 3 rings (SSSR count). The van der Waals surface area contributed by atoms with Crippen molar-refractivity contribution in [3.05, 3.63) is 66.0 Å². The topological polar surface area (TPSA) is 62.2 Å². The monoisotopic (exact) mass is 324 g/mol. The Balaban J connectivity index is 1.61. The summed E-state index contributed by atoms with van der Waals surface area (Å²) in [6.07, 6.45) is 5.29. The Hall–Kier alpha value is -2.20. The molecule has 1 aromatic carbocycles. The average Bonchev–Trinajstić information content (AvgIpc) is 2.59. The molecule has 1 aromatic heterocycles. The third-order valence-corrected chi connectivity index (χ3v) is 5.00. The summed E-state index contributed by atoms with van der Waals surface area (Å²) in [4.78, 5) is 17.1. The van der Waals surface area contributed by atoms with Crippen LogP contribution in [0.15, 0.2) is 54.7 Å². The standard InChI is InChI=1S/C20H24N2O2/c23-15-16(13-18-9-4-5-12-21-18)14-22-19(24)20(10-6-11-20)17-7-2-1-3-8-17/h1-5,7-9,12,16,23H,6,10-11,13-15H2,(H,22,24). The van der Waals surface area contributed by atoms with Crippen molar-refractivity contribution in [2.75, 3.05) is 13.2 Å². The summed E-state index contributed by atoms with van der Waals surface area (Å²) >= 11 is 0. The predicted octanol–water partition coefficient (Wildman–Crippen LogP) is 2.47. The van der Waals surface area contributed by atoms with E-state index in [-0.39, 0.29) is 23.8 Å². The van der Waals surface area contributed by atoms with Crippen molar-refractivity contribution < 1.29 is 9.90 Å². The molecule has 1 heterocycles. The van der Waals surface area contributed by atoms with Crippen LogP contribution in [0, 0.1) is 5.92 Å². The van der Waals surface area contributed by atoms with Crippen LogP contribution in [-0.4, -0.2) is 29.1 Å². The van der Waals surface area contributed by atoms with E-state index in [1.807, 2.05) is 48.5 Å². The number of nitrogens with zero attached hydrogens (tertiary/aromatic N) is 1. The minimum atomic E-state index is -0.383. The van der Waals surface area contributed by atoms with Crippen LogP contribution in [0.2, 0.25) is 0 Å². The maximum atomic E-state index is 12.8. The van der Waals surface area contributed by atoms with E-state index in [0.717, 1.165) is 30.5 Å². The van der Waals surface area contributed by atoms with Crippen molar-refractivity contribution in [2.24, 2.45) is 5.92 Å². The molecular weight excluding hydrogens is 300 g/mol. The molecule has 0 spiro atoms. The van der Waals surface area contributed by atoms with E-state index in [1.165, 1.54) is 0 Å². The molecule has 1 aliphatic rings. The maximum Gasteiger partial charge on any atom is 0.230 e. The SMILES string of the molecule is O=C(NCC(CO)Cc1ccccn1)C1(c2ccccc2)CCC1. The van der Waals surface area contributed by atoms with Crippen LogP contribution in [-0.2, 0) is 16.6 Å². The van der Waals surface area contributed by atoms with Crippen LogP contribution >= 0.6 is 0 Å². The van der Waals surface area contributed by atoms with E-state index in [0.29, 0.717) is 13.0 Å². The summed E-state index contributed by atoms with van der Waals surface area (Å²) in [7, 11) is 0. The third-order valence-electron chi connectivity index (χ3n) is 5.00. The average molecular weight is 324 g/mol. The van der Waals surface area contributed by atoms with Crippen molar-refractivity contribution in [1.82, 2.24) is 10.3 Å². The number of hydrogen-bond acceptors (Lipinski definition) is 3. The van der Waals surface area contributed by atoms with Gasteiger partial charge >= 0.3 is 0 Å². The molecule has 4 nitrogen and oxygen atoms in total. The highest BCUT2D eigenvalue weighted by Gasteiger charge is 2.45. The number of rotatable bonds is 7. The highest BCUT2D eigenvalue weighted by Crippen LogP contribution is 2.43. The second-order valence-corrected chi connectivity index (χ2v) is 6.59. The van der Waals surface area contributed by atoms with Gasteiger partial charge in [-0.2, -0.15) is 0 Å². The molecule has 24 heavy (non-hydrogen) atoms. The molecular formula is C20H24N2O2. The number of aromatic nitrogens is 1. The summed E-state index contributed by atoms with van der Waals surface area (Å²) in [6, 6.07) is 15.8. The van der Waals surface area contributed by atoms with Gasteiger partial charge in [0.05, 0.1) is 5.41 Å². The first kappa shape index (κ1) is 16.7. The Bertz CT molecular complexity index is 654. The van der Waals surface area contributed by atoms with E-state index >= 15 is 0 Å². The number of pyridine rings is 1. The van der Waals surface area contributed by atoms with Crippen LogP contribution in [0.5, 0.6) is 0 Å². The second-order valence-electron chi connectivity index (χ2n) is 6.59. The Morgan fingerprint density at radius 3 is 2.50 bits per heavy atom. The van der Waals surface area contributed by atoms with Crippen LogP contribution in [0.3, 0.4) is 0 Å². The zero-order valence-corrected chi connectivity index (χ0v) is 13.8. The molecule has 1 saturated carbocycles. The number of aliphatic hydroxyl groups is 1. The highest BCUT2D eigenvalue weighted by molar-refractivity contribution is 5.89. The molecule has 2 N–H and O–H groups in total. The number of nitrogens with one attached hydrogen (secondary N) is 1. The lowest BCUT2D eigenvalue weighted by molar-refractivity contribution is -0.130. The molecule has 0 radical (unpaired) electrons. The molecule has 0 bridgehead atoms. The fourth-order valence-corrected chi connectivity index (χ4v) is 3.36. The summed E-state index contributed by atoms with van der Waals surface area (Å²) in [5, 5.41) is 12.7. The summed E-state index contributed by atoms with van der Waals surface area (Å²) < 4.78 is 0. The van der Waals surface area contributed by atoms with Crippen molar-refractivity contribution >= 4 is 5.91 Å². The Labute approximate surface area is 142 Å². The first-order valence-electron chi connectivity index (χ1n) is 8.59. The van der Waals surface area contributed by atoms with Gasteiger partial charge < -0.3 is 10.4 Å². The first-order valence-corrected chi connectivity index (χ1v) is 8.59. The minimum absolute atomic E-state index is 0.0169.